The molecule has 0 spiro atoms. The summed E-state index contributed by atoms with van der Waals surface area (Å²) in [5, 5.41) is 0. The second-order valence-corrected chi connectivity index (χ2v) is 11.6. The van der Waals surface area contributed by atoms with E-state index in [9.17, 15) is 43.2 Å². The molecule has 0 aliphatic carbocycles. The molecular formula is C10H18F6NO6PS2. The van der Waals surface area contributed by atoms with E-state index in [1.165, 1.54) is 27.7 Å². The molecule has 0 N–H and O–H groups in total. The van der Waals surface area contributed by atoms with Gasteiger partial charge in [0.25, 0.3) is 0 Å². The zero-order chi connectivity index (χ0) is 21.4. The minimum absolute atomic E-state index is 1.12. The average molecular weight is 457 g/mol. The standard InChI is InChI=1S/C10H18F6NO6PS2/c1-6(22-5)23-7(8(2,3)4)24-17(25(18,19)9(11,12)13)26(20,21)10(14,15)16/h6-7,24H,1-5H3. The molecule has 0 rings (SSSR count). The molecule has 0 aliphatic heterocycles. The van der Waals surface area contributed by atoms with E-state index in [4.69, 9.17) is 4.74 Å². The van der Waals surface area contributed by atoms with Gasteiger partial charge in [-0.25, -0.2) is 16.8 Å². The minimum Gasteiger partial charge on any atom is -0.356 e. The van der Waals surface area contributed by atoms with Crippen LogP contribution in [0.1, 0.15) is 27.7 Å². The lowest BCUT2D eigenvalue weighted by molar-refractivity contribution is -0.142. The number of halogens is 6. The topological polar surface area (TPSA) is 90.0 Å². The Morgan fingerprint density at radius 2 is 1.23 bits per heavy atom. The lowest BCUT2D eigenvalue weighted by atomic mass is 9.98. The van der Waals surface area contributed by atoms with Crippen LogP contribution in [0.15, 0.2) is 0 Å². The highest BCUT2D eigenvalue weighted by Gasteiger charge is 2.62. The molecular weight excluding hydrogens is 439 g/mol. The molecule has 0 bridgehead atoms. The number of alkyl halides is 6. The average Bonchev–Trinajstić information content (AvgIpc) is 2.38. The number of hydrogen-bond donors (Lipinski definition) is 0. The van der Waals surface area contributed by atoms with E-state index in [2.05, 4.69) is 4.74 Å². The Labute approximate surface area is 148 Å². The van der Waals surface area contributed by atoms with Gasteiger partial charge in [0, 0.05) is 15.8 Å². The number of hydrogen-bond acceptors (Lipinski definition) is 6. The summed E-state index contributed by atoms with van der Waals surface area (Å²) in [6, 6.07) is 0. The van der Waals surface area contributed by atoms with E-state index in [0.717, 1.165) is 7.11 Å². The van der Waals surface area contributed by atoms with Crippen LogP contribution >= 0.6 is 8.73 Å². The van der Waals surface area contributed by atoms with E-state index in [1.807, 2.05) is 0 Å². The van der Waals surface area contributed by atoms with Crippen molar-refractivity contribution in [3.05, 3.63) is 0 Å². The van der Waals surface area contributed by atoms with Gasteiger partial charge in [0.1, 0.15) is 0 Å². The fourth-order valence-corrected chi connectivity index (χ4v) is 6.28. The van der Waals surface area contributed by atoms with Gasteiger partial charge in [-0.3, -0.25) is 0 Å². The van der Waals surface area contributed by atoms with Crippen LogP contribution in [0.5, 0.6) is 0 Å². The third kappa shape index (κ3) is 5.89. The first kappa shape index (κ1) is 25.8. The lowest BCUT2D eigenvalue weighted by Gasteiger charge is -2.35. The second-order valence-electron chi connectivity index (χ2n) is 5.91. The number of ether oxygens (including phenoxy) is 2. The van der Waals surface area contributed by atoms with Gasteiger partial charge in [-0.1, -0.05) is 24.3 Å². The summed E-state index contributed by atoms with van der Waals surface area (Å²) in [6.07, 6.45) is -1.16. The van der Waals surface area contributed by atoms with E-state index >= 15 is 0 Å². The van der Waals surface area contributed by atoms with Crippen LogP contribution < -0.4 is 0 Å². The maximum atomic E-state index is 12.8. The van der Waals surface area contributed by atoms with Crippen LogP contribution in [0.3, 0.4) is 0 Å². The van der Waals surface area contributed by atoms with Crippen molar-refractivity contribution in [3.63, 3.8) is 0 Å². The van der Waals surface area contributed by atoms with Crippen molar-refractivity contribution < 1.29 is 52.7 Å². The molecule has 0 aromatic heterocycles. The van der Waals surface area contributed by atoms with Crippen LogP contribution in [-0.4, -0.2) is 50.6 Å². The molecule has 0 heterocycles. The monoisotopic (exact) mass is 457 g/mol. The largest absolute Gasteiger partial charge is 0.512 e. The first-order valence-electron chi connectivity index (χ1n) is 6.57. The van der Waals surface area contributed by atoms with E-state index in [1.54, 1.807) is 0 Å². The fourth-order valence-electron chi connectivity index (χ4n) is 1.23. The van der Waals surface area contributed by atoms with Crippen molar-refractivity contribution in [2.45, 2.75) is 50.8 Å². The number of nitrogens with zero attached hydrogens (tertiary/aromatic N) is 1. The summed E-state index contributed by atoms with van der Waals surface area (Å²) >= 11 is 0. The predicted molar refractivity (Wildman–Crippen MR) is 80.9 cm³/mol. The highest BCUT2D eigenvalue weighted by Crippen LogP contribution is 2.48. The Hall–Kier alpha value is -0.210. The quantitative estimate of drug-likeness (QED) is 0.332. The van der Waals surface area contributed by atoms with Gasteiger partial charge in [-0.15, -0.1) is 0 Å². The zero-order valence-corrected chi connectivity index (χ0v) is 16.8. The molecule has 26 heavy (non-hydrogen) atoms. The van der Waals surface area contributed by atoms with Gasteiger partial charge in [0.15, 0.2) is 6.29 Å². The van der Waals surface area contributed by atoms with Crippen molar-refractivity contribution in [1.82, 2.24) is 3.48 Å². The molecule has 158 valence electrons. The molecule has 3 atom stereocenters. The van der Waals surface area contributed by atoms with Gasteiger partial charge < -0.3 is 9.47 Å². The van der Waals surface area contributed by atoms with E-state index in [0.29, 0.717) is 0 Å². The van der Waals surface area contributed by atoms with Gasteiger partial charge in [-0.05, 0) is 12.3 Å². The Bertz CT molecular complexity index is 640. The van der Waals surface area contributed by atoms with Crippen molar-refractivity contribution in [3.8, 4) is 0 Å². The molecule has 7 nitrogen and oxygen atoms in total. The van der Waals surface area contributed by atoms with Gasteiger partial charge in [0.05, 0.1) is 5.85 Å². The maximum absolute atomic E-state index is 12.8. The molecule has 0 aromatic carbocycles. The molecule has 0 radical (unpaired) electrons. The van der Waals surface area contributed by atoms with Crippen molar-refractivity contribution in [1.29, 1.82) is 0 Å². The third-order valence-corrected chi connectivity index (χ3v) is 9.43. The Kier molecular flexibility index (Phi) is 7.97. The van der Waals surface area contributed by atoms with Crippen LogP contribution in [0.4, 0.5) is 26.3 Å². The Morgan fingerprint density at radius 3 is 1.46 bits per heavy atom. The molecule has 0 saturated heterocycles. The van der Waals surface area contributed by atoms with Gasteiger partial charge in [-0.2, -0.15) is 26.3 Å². The SMILES string of the molecule is COC(C)OC(PN(S(=O)(=O)C(F)(F)F)S(=O)(=O)C(F)(F)F)C(C)(C)C. The predicted octanol–water partition coefficient (Wildman–Crippen LogP) is 2.96. The van der Waals surface area contributed by atoms with Crippen molar-refractivity contribution in [2.75, 3.05) is 7.11 Å². The number of rotatable bonds is 7. The number of methoxy groups -OCH3 is 1. The molecule has 3 unspecified atom stereocenters. The summed E-state index contributed by atoms with van der Waals surface area (Å²) in [6.45, 7) is 5.17. The smallest absolute Gasteiger partial charge is 0.356 e. The van der Waals surface area contributed by atoms with E-state index < -0.39 is 60.8 Å². The third-order valence-electron chi connectivity index (χ3n) is 2.69. The Morgan fingerprint density at radius 1 is 0.885 bits per heavy atom. The first-order chi connectivity index (χ1) is 11.2. The summed E-state index contributed by atoms with van der Waals surface area (Å²) in [5.74, 6) is -1.66. The summed E-state index contributed by atoms with van der Waals surface area (Å²) in [5.41, 5.74) is -13.8. The first-order valence-corrected chi connectivity index (χ1v) is 10.5. The van der Waals surface area contributed by atoms with Crippen molar-refractivity contribution in [2.24, 2.45) is 5.41 Å². The zero-order valence-electron chi connectivity index (χ0n) is 14.1. The number of sulfonamides is 2. The summed E-state index contributed by atoms with van der Waals surface area (Å²) in [4.78, 5) is 0. The summed E-state index contributed by atoms with van der Waals surface area (Å²) in [7, 11) is -14.7. The normalized spacial score (nSPS) is 17.8. The highest BCUT2D eigenvalue weighted by atomic mass is 32.3. The van der Waals surface area contributed by atoms with Crippen LogP contribution in [-0.2, 0) is 29.5 Å². The van der Waals surface area contributed by atoms with Gasteiger partial charge >= 0.3 is 31.1 Å². The van der Waals surface area contributed by atoms with E-state index in [-0.39, 0.29) is 0 Å². The Balaban J connectivity index is 6.36. The molecule has 0 fully saturated rings. The van der Waals surface area contributed by atoms with Crippen LogP contribution in [0, 0.1) is 5.41 Å². The molecule has 0 saturated carbocycles. The maximum Gasteiger partial charge on any atom is 0.512 e. The highest BCUT2D eigenvalue weighted by molar-refractivity contribution is 8.09. The molecule has 0 amide bonds. The minimum atomic E-state index is -6.86. The molecule has 0 aromatic rings. The molecule has 16 heteroatoms. The lowest BCUT2D eigenvalue weighted by Crippen LogP contribution is -2.47. The van der Waals surface area contributed by atoms with Crippen LogP contribution in [0.25, 0.3) is 0 Å². The second kappa shape index (κ2) is 8.03. The molecule has 0 aliphatic rings. The van der Waals surface area contributed by atoms with Crippen molar-refractivity contribution >= 4 is 28.8 Å². The summed E-state index contributed by atoms with van der Waals surface area (Å²) < 4.78 is 131. The fraction of sp³-hybridized carbons (Fsp3) is 1.00. The van der Waals surface area contributed by atoms with Crippen LogP contribution in [0.2, 0.25) is 0 Å². The van der Waals surface area contributed by atoms with Gasteiger partial charge in [0.2, 0.25) is 0 Å².